The van der Waals surface area contributed by atoms with Gasteiger partial charge in [0.1, 0.15) is 0 Å². The van der Waals surface area contributed by atoms with E-state index in [0.29, 0.717) is 23.7 Å². The average Bonchev–Trinajstić information content (AvgIpc) is 2.96. The van der Waals surface area contributed by atoms with Crippen molar-refractivity contribution < 1.29 is 32.2 Å². The molecule has 0 N–H and O–H groups in total. The van der Waals surface area contributed by atoms with Crippen LogP contribution < -0.4 is 9.04 Å². The number of nitrogens with zero attached hydrogens (tertiary/aromatic N) is 2. The molecule has 4 rings (SSSR count). The van der Waals surface area contributed by atoms with E-state index in [2.05, 4.69) is 0 Å². The van der Waals surface area contributed by atoms with Crippen LogP contribution in [0.1, 0.15) is 42.3 Å². The summed E-state index contributed by atoms with van der Waals surface area (Å²) in [6.07, 6.45) is -2.82. The SMILES string of the molecule is CCOC(=O)c1ccc(SN(Cc2ccc(C(C)(OCC)C(F)(F)F)cc2)c2ncc3ccccc3c2OC)cc1. The van der Waals surface area contributed by atoms with Crippen molar-refractivity contribution >= 4 is 34.5 Å². The van der Waals surface area contributed by atoms with Gasteiger partial charge in [-0.25, -0.2) is 9.78 Å². The molecule has 6 nitrogen and oxygen atoms in total. The van der Waals surface area contributed by atoms with Crippen LogP contribution >= 0.6 is 11.9 Å². The van der Waals surface area contributed by atoms with Crippen molar-refractivity contribution in [3.63, 3.8) is 0 Å². The summed E-state index contributed by atoms with van der Waals surface area (Å²) in [6, 6.07) is 20.9. The van der Waals surface area contributed by atoms with Crippen LogP contribution in [0.25, 0.3) is 10.8 Å². The molecule has 3 aromatic carbocycles. The topological polar surface area (TPSA) is 60.9 Å². The number of benzene rings is 3. The van der Waals surface area contributed by atoms with Gasteiger partial charge in [-0.1, -0.05) is 48.5 Å². The number of hydrogen-bond acceptors (Lipinski definition) is 7. The zero-order valence-electron chi connectivity index (χ0n) is 23.2. The molecule has 1 aromatic heterocycles. The van der Waals surface area contributed by atoms with E-state index in [-0.39, 0.29) is 18.8 Å². The van der Waals surface area contributed by atoms with Crippen LogP contribution in [0.3, 0.4) is 0 Å². The van der Waals surface area contributed by atoms with Crippen molar-refractivity contribution in [1.29, 1.82) is 0 Å². The molecule has 10 heteroatoms. The molecule has 0 saturated heterocycles. The predicted molar refractivity (Wildman–Crippen MR) is 154 cm³/mol. The van der Waals surface area contributed by atoms with Gasteiger partial charge in [0, 0.05) is 28.5 Å². The Balaban J connectivity index is 1.71. The fraction of sp³-hybridized carbons (Fsp3) is 0.290. The Hall–Kier alpha value is -3.76. The Morgan fingerprint density at radius 1 is 0.951 bits per heavy atom. The Morgan fingerprint density at radius 3 is 2.24 bits per heavy atom. The number of carbonyl (C=O) groups is 1. The minimum Gasteiger partial charge on any atom is -0.492 e. The van der Waals surface area contributed by atoms with Gasteiger partial charge in [-0.3, -0.25) is 4.31 Å². The van der Waals surface area contributed by atoms with Crippen molar-refractivity contribution in [3.8, 4) is 5.75 Å². The molecule has 0 aliphatic rings. The molecule has 4 aromatic rings. The first-order valence-electron chi connectivity index (χ1n) is 13.1. The number of pyridine rings is 1. The lowest BCUT2D eigenvalue weighted by atomic mass is 9.94. The molecule has 0 radical (unpaired) electrons. The molecular formula is C31H31F3N2O4S. The standard InChI is InChI=1S/C31H31F3N2O4S/c1-5-39-29(37)22-13-17-25(18-14-22)41-36(28-27(38-4)26-10-8-7-9-23(26)19-35-28)20-21-11-15-24(16-12-21)30(3,40-6-2)31(32,33)34/h7-19H,5-6,20H2,1-4H3. The van der Waals surface area contributed by atoms with Crippen LogP contribution in [0.2, 0.25) is 0 Å². The molecule has 0 bridgehead atoms. The minimum absolute atomic E-state index is 0.0192. The minimum atomic E-state index is -4.58. The van der Waals surface area contributed by atoms with Crippen molar-refractivity contribution in [2.24, 2.45) is 0 Å². The quantitative estimate of drug-likeness (QED) is 0.131. The molecule has 0 amide bonds. The second kappa shape index (κ2) is 12.8. The molecule has 216 valence electrons. The highest BCUT2D eigenvalue weighted by Crippen LogP contribution is 2.43. The Bertz CT molecular complexity index is 1480. The summed E-state index contributed by atoms with van der Waals surface area (Å²) < 4.78 is 59.6. The zero-order chi connectivity index (χ0) is 29.6. The van der Waals surface area contributed by atoms with E-state index in [0.717, 1.165) is 28.2 Å². The van der Waals surface area contributed by atoms with Crippen LogP contribution in [0, 0.1) is 0 Å². The lowest BCUT2D eigenvalue weighted by Crippen LogP contribution is -2.42. The monoisotopic (exact) mass is 584 g/mol. The number of hydrogen-bond donors (Lipinski definition) is 0. The van der Waals surface area contributed by atoms with E-state index in [4.69, 9.17) is 19.2 Å². The van der Waals surface area contributed by atoms with Gasteiger partial charge < -0.3 is 14.2 Å². The van der Waals surface area contributed by atoms with Crippen LogP contribution in [-0.4, -0.2) is 37.5 Å². The highest BCUT2D eigenvalue weighted by molar-refractivity contribution is 8.00. The van der Waals surface area contributed by atoms with E-state index in [1.165, 1.54) is 31.0 Å². The van der Waals surface area contributed by atoms with E-state index in [1.807, 2.05) is 28.6 Å². The van der Waals surface area contributed by atoms with Crippen LogP contribution in [0.5, 0.6) is 5.75 Å². The normalized spacial score (nSPS) is 13.0. The van der Waals surface area contributed by atoms with E-state index >= 15 is 0 Å². The smallest absolute Gasteiger partial charge is 0.421 e. The maximum atomic E-state index is 13.9. The third-order valence-corrected chi connectivity index (χ3v) is 7.57. The molecule has 0 spiro atoms. The number of aromatic nitrogens is 1. The average molecular weight is 585 g/mol. The summed E-state index contributed by atoms with van der Waals surface area (Å²) in [4.78, 5) is 17.6. The fourth-order valence-electron chi connectivity index (χ4n) is 4.36. The van der Waals surface area contributed by atoms with Crippen molar-refractivity contribution in [1.82, 2.24) is 4.98 Å². The Labute approximate surface area is 241 Å². The number of alkyl halides is 3. The van der Waals surface area contributed by atoms with E-state index < -0.39 is 17.7 Å². The number of fused-ring (bicyclic) bond motifs is 1. The summed E-state index contributed by atoms with van der Waals surface area (Å²) in [5.41, 5.74) is -1.21. The lowest BCUT2D eigenvalue weighted by molar-refractivity contribution is -0.276. The number of rotatable bonds is 11. The number of ether oxygens (including phenoxy) is 3. The zero-order valence-corrected chi connectivity index (χ0v) is 24.0. The molecule has 0 aliphatic heterocycles. The van der Waals surface area contributed by atoms with Gasteiger partial charge in [0.25, 0.3) is 0 Å². The Morgan fingerprint density at radius 2 is 1.63 bits per heavy atom. The Kier molecular flexibility index (Phi) is 9.45. The first-order chi connectivity index (χ1) is 19.6. The largest absolute Gasteiger partial charge is 0.492 e. The molecule has 1 heterocycles. The van der Waals surface area contributed by atoms with Crippen LogP contribution in [-0.2, 0) is 21.6 Å². The number of carbonyl (C=O) groups excluding carboxylic acids is 1. The molecule has 0 saturated carbocycles. The summed E-state index contributed by atoms with van der Waals surface area (Å²) >= 11 is 1.36. The first-order valence-corrected chi connectivity index (χ1v) is 13.8. The summed E-state index contributed by atoms with van der Waals surface area (Å²) in [5.74, 6) is 0.706. The summed E-state index contributed by atoms with van der Waals surface area (Å²) in [6.45, 7) is 4.82. The van der Waals surface area contributed by atoms with E-state index in [9.17, 15) is 18.0 Å². The fourth-order valence-corrected chi connectivity index (χ4v) is 5.30. The van der Waals surface area contributed by atoms with Gasteiger partial charge in [-0.15, -0.1) is 0 Å². The molecule has 0 aliphatic carbocycles. The summed E-state index contributed by atoms with van der Waals surface area (Å²) in [7, 11) is 1.57. The third-order valence-electron chi connectivity index (χ3n) is 6.56. The predicted octanol–water partition coefficient (Wildman–Crippen LogP) is 7.95. The molecule has 1 atom stereocenters. The number of halogens is 3. The lowest BCUT2D eigenvalue weighted by Gasteiger charge is -2.32. The maximum absolute atomic E-state index is 13.9. The van der Waals surface area contributed by atoms with Crippen LogP contribution in [0.15, 0.2) is 83.9 Å². The molecule has 1 unspecified atom stereocenters. The molecule has 0 fully saturated rings. The maximum Gasteiger partial charge on any atom is 0.421 e. The summed E-state index contributed by atoms with van der Waals surface area (Å²) in [5, 5.41) is 1.78. The molecular weight excluding hydrogens is 553 g/mol. The highest BCUT2D eigenvalue weighted by Gasteiger charge is 2.53. The van der Waals surface area contributed by atoms with Gasteiger partial charge in [0.05, 0.1) is 25.8 Å². The van der Waals surface area contributed by atoms with Crippen molar-refractivity contribution in [3.05, 3.63) is 95.7 Å². The first kappa shape index (κ1) is 30.2. The third kappa shape index (κ3) is 6.60. The van der Waals surface area contributed by atoms with Gasteiger partial charge in [0.15, 0.2) is 17.2 Å². The van der Waals surface area contributed by atoms with E-state index in [1.54, 1.807) is 56.6 Å². The number of methoxy groups -OCH3 is 1. The second-order valence-electron chi connectivity index (χ2n) is 9.24. The van der Waals surface area contributed by atoms with Gasteiger partial charge in [0.2, 0.25) is 0 Å². The van der Waals surface area contributed by atoms with Gasteiger partial charge >= 0.3 is 12.1 Å². The molecule has 41 heavy (non-hydrogen) atoms. The van der Waals surface area contributed by atoms with Crippen molar-refractivity contribution in [2.45, 2.75) is 44.0 Å². The van der Waals surface area contributed by atoms with Crippen LogP contribution in [0.4, 0.5) is 19.0 Å². The highest BCUT2D eigenvalue weighted by atomic mass is 32.2. The van der Waals surface area contributed by atoms with Gasteiger partial charge in [-0.05, 0) is 68.1 Å². The van der Waals surface area contributed by atoms with Gasteiger partial charge in [-0.2, -0.15) is 13.2 Å². The van der Waals surface area contributed by atoms with Crippen molar-refractivity contribution in [2.75, 3.05) is 24.6 Å². The second-order valence-corrected chi connectivity index (χ2v) is 10.3. The number of esters is 1. The number of anilines is 1.